The molecule has 0 aliphatic heterocycles. The fourth-order valence-corrected chi connectivity index (χ4v) is 1.47. The van der Waals surface area contributed by atoms with Gasteiger partial charge in [0.25, 0.3) is 0 Å². The van der Waals surface area contributed by atoms with Crippen molar-refractivity contribution in [3.05, 3.63) is 17.8 Å². The van der Waals surface area contributed by atoms with Gasteiger partial charge in [-0.2, -0.15) is 13.2 Å². The highest BCUT2D eigenvalue weighted by atomic mass is 19.4. The number of likely N-dealkylation sites (N-methyl/N-ethyl adjacent to an activating group) is 1. The second-order valence-electron chi connectivity index (χ2n) is 4.47. The van der Waals surface area contributed by atoms with E-state index in [1.165, 1.54) is 6.07 Å². The first-order valence-electron chi connectivity index (χ1n) is 6.19. The molecule has 0 radical (unpaired) electrons. The van der Waals surface area contributed by atoms with E-state index in [1.807, 2.05) is 7.05 Å². The topological polar surface area (TPSA) is 41.0 Å². The van der Waals surface area contributed by atoms with Crippen LogP contribution in [0.3, 0.4) is 0 Å². The summed E-state index contributed by atoms with van der Waals surface area (Å²) in [6.45, 7) is 5.63. The molecule has 1 atom stereocenters. The van der Waals surface area contributed by atoms with Crippen molar-refractivity contribution < 1.29 is 13.2 Å². The van der Waals surface area contributed by atoms with E-state index in [4.69, 9.17) is 0 Å². The zero-order chi connectivity index (χ0) is 14.5. The van der Waals surface area contributed by atoms with E-state index >= 15 is 0 Å². The Morgan fingerprint density at radius 3 is 2.47 bits per heavy atom. The predicted octanol–water partition coefficient (Wildman–Crippen LogP) is 2.64. The standard InChI is InChI=1S/C12H19F3N4/c1-4-9(2)19(3)8-7-16-11-6-5-10(17-18-11)12(13,14)15/h5-6,9H,4,7-8H2,1-3H3,(H,16,18). The molecule has 1 rings (SSSR count). The summed E-state index contributed by atoms with van der Waals surface area (Å²) in [5.74, 6) is 0.352. The molecule has 1 aromatic rings. The molecule has 0 spiro atoms. The molecule has 108 valence electrons. The molecule has 0 saturated carbocycles. The number of hydrogen-bond donors (Lipinski definition) is 1. The second-order valence-corrected chi connectivity index (χ2v) is 4.47. The number of rotatable bonds is 6. The quantitative estimate of drug-likeness (QED) is 0.867. The minimum Gasteiger partial charge on any atom is -0.367 e. The van der Waals surface area contributed by atoms with Gasteiger partial charge in [0.1, 0.15) is 5.82 Å². The van der Waals surface area contributed by atoms with Gasteiger partial charge in [0, 0.05) is 19.1 Å². The number of nitrogens with zero attached hydrogens (tertiary/aromatic N) is 3. The van der Waals surface area contributed by atoms with Crippen LogP contribution in [0.4, 0.5) is 19.0 Å². The molecule has 0 amide bonds. The maximum absolute atomic E-state index is 12.3. The van der Waals surface area contributed by atoms with E-state index < -0.39 is 11.9 Å². The Labute approximate surface area is 111 Å². The predicted molar refractivity (Wildman–Crippen MR) is 67.9 cm³/mol. The Hall–Kier alpha value is -1.37. The van der Waals surface area contributed by atoms with Crippen molar-refractivity contribution in [3.8, 4) is 0 Å². The lowest BCUT2D eigenvalue weighted by Gasteiger charge is -2.23. The van der Waals surface area contributed by atoms with Gasteiger partial charge in [0.2, 0.25) is 0 Å². The Morgan fingerprint density at radius 1 is 1.32 bits per heavy atom. The van der Waals surface area contributed by atoms with Crippen LogP contribution in [0, 0.1) is 0 Å². The molecule has 1 heterocycles. The highest BCUT2D eigenvalue weighted by Gasteiger charge is 2.32. The number of alkyl halides is 3. The maximum atomic E-state index is 12.3. The summed E-state index contributed by atoms with van der Waals surface area (Å²) in [6, 6.07) is 2.69. The minimum atomic E-state index is -4.44. The first kappa shape index (κ1) is 15.7. The summed E-state index contributed by atoms with van der Waals surface area (Å²) < 4.78 is 36.8. The molecule has 0 bridgehead atoms. The van der Waals surface area contributed by atoms with Gasteiger partial charge in [-0.1, -0.05) is 6.92 Å². The van der Waals surface area contributed by atoms with E-state index in [9.17, 15) is 13.2 Å². The highest BCUT2D eigenvalue weighted by molar-refractivity contribution is 5.33. The van der Waals surface area contributed by atoms with E-state index in [2.05, 4.69) is 34.3 Å². The zero-order valence-electron chi connectivity index (χ0n) is 11.3. The SMILES string of the molecule is CCC(C)N(C)CCNc1ccc(C(F)(F)F)nn1. The summed E-state index contributed by atoms with van der Waals surface area (Å²) in [4.78, 5) is 2.17. The lowest BCUT2D eigenvalue weighted by molar-refractivity contribution is -0.141. The van der Waals surface area contributed by atoms with Crippen LogP contribution >= 0.6 is 0 Å². The Bertz CT molecular complexity index is 378. The van der Waals surface area contributed by atoms with Crippen molar-refractivity contribution in [2.45, 2.75) is 32.5 Å². The molecule has 0 aromatic carbocycles. The van der Waals surface area contributed by atoms with Crippen molar-refractivity contribution >= 4 is 5.82 Å². The average molecular weight is 276 g/mol. The van der Waals surface area contributed by atoms with Crippen LogP contribution in [0.25, 0.3) is 0 Å². The second kappa shape index (κ2) is 6.70. The smallest absolute Gasteiger partial charge is 0.367 e. The fraction of sp³-hybridized carbons (Fsp3) is 0.667. The van der Waals surface area contributed by atoms with Gasteiger partial charge in [0.05, 0.1) is 0 Å². The molecule has 1 unspecified atom stereocenters. The van der Waals surface area contributed by atoms with E-state index in [0.717, 1.165) is 19.0 Å². The molecule has 0 aliphatic carbocycles. The van der Waals surface area contributed by atoms with Crippen LogP contribution in [0.5, 0.6) is 0 Å². The van der Waals surface area contributed by atoms with Gasteiger partial charge in [-0.15, -0.1) is 10.2 Å². The number of anilines is 1. The Morgan fingerprint density at radius 2 is 2.00 bits per heavy atom. The van der Waals surface area contributed by atoms with Gasteiger partial charge in [-0.05, 0) is 32.5 Å². The van der Waals surface area contributed by atoms with Crippen molar-refractivity contribution in [1.82, 2.24) is 15.1 Å². The minimum absolute atomic E-state index is 0.352. The van der Waals surface area contributed by atoms with Gasteiger partial charge >= 0.3 is 6.18 Å². The van der Waals surface area contributed by atoms with Crippen molar-refractivity contribution in [2.24, 2.45) is 0 Å². The van der Waals surface area contributed by atoms with E-state index in [1.54, 1.807) is 0 Å². The van der Waals surface area contributed by atoms with Crippen molar-refractivity contribution in [1.29, 1.82) is 0 Å². The van der Waals surface area contributed by atoms with E-state index in [0.29, 0.717) is 18.4 Å². The van der Waals surface area contributed by atoms with Gasteiger partial charge in [0.15, 0.2) is 5.69 Å². The monoisotopic (exact) mass is 276 g/mol. The summed E-state index contributed by atoms with van der Waals surface area (Å²) in [6.07, 6.45) is -3.39. The summed E-state index contributed by atoms with van der Waals surface area (Å²) >= 11 is 0. The first-order valence-corrected chi connectivity index (χ1v) is 6.19. The molecule has 4 nitrogen and oxygen atoms in total. The van der Waals surface area contributed by atoms with Crippen molar-refractivity contribution in [2.75, 3.05) is 25.5 Å². The molecule has 1 aromatic heterocycles. The van der Waals surface area contributed by atoms with Crippen LogP contribution < -0.4 is 5.32 Å². The zero-order valence-corrected chi connectivity index (χ0v) is 11.3. The third-order valence-corrected chi connectivity index (χ3v) is 3.07. The average Bonchev–Trinajstić information content (AvgIpc) is 2.37. The molecule has 19 heavy (non-hydrogen) atoms. The van der Waals surface area contributed by atoms with Crippen LogP contribution in [0.1, 0.15) is 26.0 Å². The number of hydrogen-bond acceptors (Lipinski definition) is 4. The summed E-state index contributed by atoms with van der Waals surface area (Å²) in [7, 11) is 2.01. The largest absolute Gasteiger partial charge is 0.435 e. The molecule has 0 aliphatic rings. The summed E-state index contributed by atoms with van der Waals surface area (Å²) in [5, 5.41) is 9.61. The number of aromatic nitrogens is 2. The van der Waals surface area contributed by atoms with Crippen LogP contribution in [-0.2, 0) is 6.18 Å². The fourth-order valence-electron chi connectivity index (χ4n) is 1.47. The van der Waals surface area contributed by atoms with Crippen LogP contribution in [0.15, 0.2) is 12.1 Å². The van der Waals surface area contributed by atoms with Gasteiger partial charge < -0.3 is 10.2 Å². The molecule has 0 fully saturated rings. The maximum Gasteiger partial charge on any atom is 0.435 e. The Balaban J connectivity index is 2.42. The Kier molecular flexibility index (Phi) is 5.53. The first-order chi connectivity index (χ1) is 8.84. The lowest BCUT2D eigenvalue weighted by atomic mass is 10.2. The van der Waals surface area contributed by atoms with Crippen LogP contribution in [0.2, 0.25) is 0 Å². The summed E-state index contributed by atoms with van der Waals surface area (Å²) in [5.41, 5.74) is -0.977. The number of halogens is 3. The molecule has 0 saturated heterocycles. The molecular weight excluding hydrogens is 257 g/mol. The van der Waals surface area contributed by atoms with Gasteiger partial charge in [-0.3, -0.25) is 0 Å². The number of nitrogens with one attached hydrogen (secondary N) is 1. The van der Waals surface area contributed by atoms with Gasteiger partial charge in [-0.25, -0.2) is 0 Å². The highest BCUT2D eigenvalue weighted by Crippen LogP contribution is 2.26. The molecular formula is C12H19F3N4. The van der Waals surface area contributed by atoms with E-state index in [-0.39, 0.29) is 0 Å². The van der Waals surface area contributed by atoms with Crippen LogP contribution in [-0.4, -0.2) is 41.3 Å². The third-order valence-electron chi connectivity index (χ3n) is 3.07. The normalized spacial score (nSPS) is 13.6. The third kappa shape index (κ3) is 5.02. The molecule has 1 N–H and O–H groups in total. The van der Waals surface area contributed by atoms with Crippen molar-refractivity contribution in [3.63, 3.8) is 0 Å². The lowest BCUT2D eigenvalue weighted by Crippen LogP contribution is -2.32. The molecule has 7 heteroatoms.